The third kappa shape index (κ3) is 6.86. The van der Waals surface area contributed by atoms with Crippen LogP contribution in [0.15, 0.2) is 53.7 Å². The molecular weight excluding hydrogens is 479 g/mol. The van der Waals surface area contributed by atoms with Crippen molar-refractivity contribution < 1.29 is 27.6 Å². The molecule has 2 aromatic carbocycles. The third-order valence-electron chi connectivity index (χ3n) is 4.70. The van der Waals surface area contributed by atoms with Crippen LogP contribution in [0.3, 0.4) is 0 Å². The van der Waals surface area contributed by atoms with Gasteiger partial charge in [-0.05, 0) is 55.5 Å². The molecule has 0 fully saturated rings. The first-order chi connectivity index (χ1) is 15.5. The lowest BCUT2D eigenvalue weighted by Crippen LogP contribution is -3.05. The Hall–Kier alpha value is -2.76. The van der Waals surface area contributed by atoms with Gasteiger partial charge in [-0.1, -0.05) is 23.4 Å². The summed E-state index contributed by atoms with van der Waals surface area (Å²) in [7, 11) is 4.02. The first-order valence-corrected chi connectivity index (χ1v) is 11.2. The SMILES string of the molecule is C[C@H](c1nnc(SCC(=O)Nc2ccc(OC(F)(F)F)cc2)n1-c1ccc(Cl)cc1)[NH+](C)C. The van der Waals surface area contributed by atoms with E-state index in [9.17, 15) is 18.0 Å². The minimum atomic E-state index is -4.77. The first kappa shape index (κ1) is 24.9. The summed E-state index contributed by atoms with van der Waals surface area (Å²) in [5, 5.41) is 12.4. The van der Waals surface area contributed by atoms with E-state index < -0.39 is 6.36 Å². The second-order valence-corrected chi connectivity index (χ2v) is 8.74. The Kier molecular flexibility index (Phi) is 7.88. The second-order valence-electron chi connectivity index (χ2n) is 7.36. The number of carbonyl (C=O) groups excluding carboxylic acids is 1. The molecule has 2 N–H and O–H groups in total. The van der Waals surface area contributed by atoms with Crippen LogP contribution in [0.2, 0.25) is 5.02 Å². The molecule has 0 aliphatic heterocycles. The van der Waals surface area contributed by atoms with Crippen molar-refractivity contribution in [1.29, 1.82) is 0 Å². The Bertz CT molecular complexity index is 1090. The van der Waals surface area contributed by atoms with Crippen molar-refractivity contribution >= 4 is 35.0 Å². The number of quaternary nitrogens is 1. The average molecular weight is 501 g/mol. The van der Waals surface area contributed by atoms with E-state index in [0.29, 0.717) is 15.9 Å². The smallest absolute Gasteiger partial charge is 0.406 e. The average Bonchev–Trinajstić information content (AvgIpc) is 3.16. The zero-order valence-corrected chi connectivity index (χ0v) is 19.6. The van der Waals surface area contributed by atoms with Crippen molar-refractivity contribution in [2.45, 2.75) is 24.5 Å². The maximum absolute atomic E-state index is 12.4. The number of thioether (sulfide) groups is 1. The molecule has 0 unspecified atom stereocenters. The maximum Gasteiger partial charge on any atom is 0.573 e. The van der Waals surface area contributed by atoms with Gasteiger partial charge in [-0.3, -0.25) is 9.36 Å². The topological polar surface area (TPSA) is 73.5 Å². The van der Waals surface area contributed by atoms with Gasteiger partial charge in [0.1, 0.15) is 11.8 Å². The Morgan fingerprint density at radius 3 is 2.36 bits per heavy atom. The van der Waals surface area contributed by atoms with Gasteiger partial charge in [0.15, 0.2) is 11.0 Å². The van der Waals surface area contributed by atoms with Crippen molar-refractivity contribution in [3.8, 4) is 11.4 Å². The van der Waals surface area contributed by atoms with Crippen molar-refractivity contribution in [3.05, 3.63) is 59.4 Å². The monoisotopic (exact) mass is 500 g/mol. The minimum absolute atomic E-state index is 0.0235. The highest BCUT2D eigenvalue weighted by Gasteiger charge is 2.31. The number of alkyl halides is 3. The molecule has 12 heteroatoms. The van der Waals surface area contributed by atoms with Gasteiger partial charge in [0.2, 0.25) is 5.91 Å². The summed E-state index contributed by atoms with van der Waals surface area (Å²) >= 11 is 7.22. The number of carbonyl (C=O) groups is 1. The fourth-order valence-electron chi connectivity index (χ4n) is 2.81. The molecule has 0 aliphatic carbocycles. The number of amides is 1. The summed E-state index contributed by atoms with van der Waals surface area (Å²) in [5.74, 6) is 0.0505. The van der Waals surface area contributed by atoms with E-state index in [1.807, 2.05) is 37.7 Å². The van der Waals surface area contributed by atoms with Crippen LogP contribution in [0, 0.1) is 0 Å². The normalized spacial score (nSPS) is 12.6. The van der Waals surface area contributed by atoms with E-state index in [2.05, 4.69) is 20.3 Å². The number of aromatic nitrogens is 3. The molecular formula is C21H22ClF3N5O2S+. The van der Waals surface area contributed by atoms with Crippen LogP contribution in [-0.2, 0) is 4.79 Å². The van der Waals surface area contributed by atoms with E-state index >= 15 is 0 Å². The van der Waals surface area contributed by atoms with Gasteiger partial charge in [-0.15, -0.1) is 23.4 Å². The van der Waals surface area contributed by atoms with Gasteiger partial charge in [-0.2, -0.15) is 0 Å². The van der Waals surface area contributed by atoms with Crippen molar-refractivity contribution in [3.63, 3.8) is 0 Å². The quantitative estimate of drug-likeness (QED) is 0.461. The predicted molar refractivity (Wildman–Crippen MR) is 120 cm³/mol. The Morgan fingerprint density at radius 1 is 1.15 bits per heavy atom. The molecule has 0 saturated heterocycles. The Labute approximate surface area is 197 Å². The summed E-state index contributed by atoms with van der Waals surface area (Å²) in [4.78, 5) is 13.6. The molecule has 0 bridgehead atoms. The molecule has 1 aromatic heterocycles. The largest absolute Gasteiger partial charge is 0.573 e. The summed E-state index contributed by atoms with van der Waals surface area (Å²) in [6, 6.07) is 12.2. The van der Waals surface area contributed by atoms with Crippen molar-refractivity contribution in [1.82, 2.24) is 14.8 Å². The number of rotatable bonds is 8. The summed E-state index contributed by atoms with van der Waals surface area (Å²) in [5.41, 5.74) is 1.16. The second kappa shape index (κ2) is 10.4. The van der Waals surface area contributed by atoms with Crippen LogP contribution in [0.25, 0.3) is 5.69 Å². The Balaban J connectivity index is 1.71. The molecule has 3 aromatic rings. The molecule has 0 saturated carbocycles. The lowest BCUT2D eigenvalue weighted by Gasteiger charge is -2.18. The number of ether oxygens (including phenoxy) is 1. The summed E-state index contributed by atoms with van der Waals surface area (Å²) in [6.45, 7) is 2.03. The molecule has 33 heavy (non-hydrogen) atoms. The van der Waals surface area contributed by atoms with E-state index in [-0.39, 0.29) is 23.5 Å². The number of benzene rings is 2. The first-order valence-electron chi connectivity index (χ1n) is 9.83. The molecule has 0 aliphatic rings. The number of halogens is 4. The van der Waals surface area contributed by atoms with Crippen molar-refractivity contribution in [2.75, 3.05) is 25.2 Å². The molecule has 3 rings (SSSR count). The van der Waals surface area contributed by atoms with E-state index in [1.165, 1.54) is 23.9 Å². The van der Waals surface area contributed by atoms with Gasteiger partial charge in [0.25, 0.3) is 0 Å². The van der Waals surface area contributed by atoms with Gasteiger partial charge < -0.3 is 15.0 Å². The van der Waals surface area contributed by atoms with Crippen LogP contribution >= 0.6 is 23.4 Å². The maximum atomic E-state index is 12.4. The molecule has 1 atom stereocenters. The summed E-state index contributed by atoms with van der Waals surface area (Å²) < 4.78 is 42.5. The number of nitrogens with zero attached hydrogens (tertiary/aromatic N) is 3. The lowest BCUT2D eigenvalue weighted by molar-refractivity contribution is -0.890. The number of anilines is 1. The molecule has 0 radical (unpaired) electrons. The zero-order chi connectivity index (χ0) is 24.2. The van der Waals surface area contributed by atoms with Gasteiger partial charge in [0.05, 0.1) is 19.8 Å². The molecule has 7 nitrogen and oxygen atoms in total. The highest BCUT2D eigenvalue weighted by molar-refractivity contribution is 7.99. The number of nitrogens with one attached hydrogen (secondary N) is 2. The van der Waals surface area contributed by atoms with Crippen LogP contribution in [-0.4, -0.2) is 46.9 Å². The van der Waals surface area contributed by atoms with Crippen LogP contribution < -0.4 is 15.0 Å². The standard InChI is InChI=1S/C21H21ClF3N5O2S/c1-13(29(2)3)19-27-28-20(30(19)16-8-4-14(22)5-9-16)33-12-18(31)26-15-6-10-17(11-7-15)32-21(23,24)25/h4-11,13H,12H2,1-3H3,(H,26,31)/p+1/t13-/m1/s1. The van der Waals surface area contributed by atoms with Crippen LogP contribution in [0.5, 0.6) is 5.75 Å². The fourth-order valence-corrected chi connectivity index (χ4v) is 3.70. The third-order valence-corrected chi connectivity index (χ3v) is 5.88. The molecule has 1 amide bonds. The fraction of sp³-hybridized carbons (Fsp3) is 0.286. The van der Waals surface area contributed by atoms with Crippen LogP contribution in [0.1, 0.15) is 18.8 Å². The number of hydrogen-bond donors (Lipinski definition) is 2. The number of hydrogen-bond acceptors (Lipinski definition) is 5. The van der Waals surface area contributed by atoms with Gasteiger partial charge in [0, 0.05) is 16.4 Å². The van der Waals surface area contributed by atoms with Crippen LogP contribution in [0.4, 0.5) is 18.9 Å². The van der Waals surface area contributed by atoms with Gasteiger partial charge in [-0.25, -0.2) is 0 Å². The van der Waals surface area contributed by atoms with Crippen molar-refractivity contribution in [2.24, 2.45) is 0 Å². The van der Waals surface area contributed by atoms with Gasteiger partial charge >= 0.3 is 6.36 Å². The molecule has 0 spiro atoms. The highest BCUT2D eigenvalue weighted by Crippen LogP contribution is 2.26. The molecule has 176 valence electrons. The summed E-state index contributed by atoms with van der Waals surface area (Å²) in [6.07, 6.45) is -4.77. The highest BCUT2D eigenvalue weighted by atomic mass is 35.5. The Morgan fingerprint density at radius 2 is 1.79 bits per heavy atom. The van der Waals surface area contributed by atoms with E-state index in [1.54, 1.807) is 12.1 Å². The lowest BCUT2D eigenvalue weighted by atomic mass is 10.2. The molecule has 1 heterocycles. The van der Waals surface area contributed by atoms with E-state index in [4.69, 9.17) is 11.6 Å². The predicted octanol–water partition coefficient (Wildman–Crippen LogP) is 3.76. The zero-order valence-electron chi connectivity index (χ0n) is 18.0. The minimum Gasteiger partial charge on any atom is -0.406 e. The van der Waals surface area contributed by atoms with E-state index in [0.717, 1.165) is 28.5 Å².